The third-order valence-corrected chi connectivity index (χ3v) is 10.5. The Kier molecular flexibility index (Phi) is 9.54. The van der Waals surface area contributed by atoms with E-state index >= 15 is 0 Å². The van der Waals surface area contributed by atoms with Crippen molar-refractivity contribution in [3.8, 4) is 0 Å². The lowest BCUT2D eigenvalue weighted by Gasteiger charge is -2.27. The van der Waals surface area contributed by atoms with Crippen LogP contribution in [0.5, 0.6) is 0 Å². The number of carbonyl (C=O) groups excluding carboxylic acids is 2. The van der Waals surface area contributed by atoms with Crippen molar-refractivity contribution in [1.82, 2.24) is 20.9 Å². The van der Waals surface area contributed by atoms with Crippen LogP contribution in [-0.2, 0) is 25.6 Å². The summed E-state index contributed by atoms with van der Waals surface area (Å²) >= 11 is 1.82. The molecule has 1 aromatic heterocycles. The minimum atomic E-state index is -1.12. The second-order valence-electron chi connectivity index (χ2n) is 12.3. The molecule has 4 aliphatic rings. The summed E-state index contributed by atoms with van der Waals surface area (Å²) in [5.41, 5.74) is 6.66. The van der Waals surface area contributed by atoms with Gasteiger partial charge in [-0.15, -0.1) is 0 Å². The van der Waals surface area contributed by atoms with Crippen LogP contribution in [0.15, 0.2) is 46.0 Å². The molecule has 5 rings (SSSR count). The number of carboxylic acid groups (broad SMARTS) is 2. The number of aromatic amines is 1. The summed E-state index contributed by atoms with van der Waals surface area (Å²) in [6, 6.07) is -1.41. The molecule has 1 unspecified atom stereocenters. The van der Waals surface area contributed by atoms with Crippen LogP contribution in [0.25, 0.3) is 12.2 Å². The largest absolute Gasteiger partial charge is 0.516 e. The molecule has 12 nitrogen and oxygen atoms in total. The van der Waals surface area contributed by atoms with Gasteiger partial charge < -0.3 is 41.4 Å². The zero-order valence-electron chi connectivity index (χ0n) is 26.1. The number of hydrogen-bond acceptors (Lipinski definition) is 8. The van der Waals surface area contributed by atoms with Crippen LogP contribution < -0.4 is 16.0 Å². The van der Waals surface area contributed by atoms with Gasteiger partial charge in [-0.05, 0) is 79.7 Å². The minimum Gasteiger partial charge on any atom is -0.516 e. The lowest BCUT2D eigenvalue weighted by Crippen LogP contribution is -2.49. The van der Waals surface area contributed by atoms with Gasteiger partial charge in [0.1, 0.15) is 6.10 Å². The van der Waals surface area contributed by atoms with Gasteiger partial charge in [0.05, 0.1) is 18.3 Å². The molecular formula is C33H40N4O8S. The number of amides is 2. The summed E-state index contributed by atoms with van der Waals surface area (Å²) in [4.78, 5) is 51.7. The van der Waals surface area contributed by atoms with Crippen LogP contribution in [-0.4, -0.2) is 78.4 Å². The van der Waals surface area contributed by atoms with Gasteiger partial charge in [0, 0.05) is 64.0 Å². The molecule has 0 spiro atoms. The van der Waals surface area contributed by atoms with Crippen molar-refractivity contribution in [3.05, 3.63) is 68.5 Å². The zero-order valence-corrected chi connectivity index (χ0v) is 27.0. The van der Waals surface area contributed by atoms with E-state index in [4.69, 9.17) is 0 Å². The fraction of sp³-hybridized carbons (Fsp3) is 0.455. The normalized spacial score (nSPS) is 28.4. The van der Waals surface area contributed by atoms with E-state index in [2.05, 4.69) is 20.9 Å². The highest BCUT2D eigenvalue weighted by Crippen LogP contribution is 2.46. The topological polar surface area (TPSA) is 201 Å². The first kappa shape index (κ1) is 33.1. The van der Waals surface area contributed by atoms with Crippen molar-refractivity contribution in [1.29, 1.82) is 0 Å². The van der Waals surface area contributed by atoms with E-state index in [1.165, 1.54) is 6.08 Å². The van der Waals surface area contributed by atoms with E-state index in [1.54, 1.807) is 6.92 Å². The number of rotatable bonds is 12. The Morgan fingerprint density at radius 1 is 0.978 bits per heavy atom. The second-order valence-corrected chi connectivity index (χ2v) is 13.6. The summed E-state index contributed by atoms with van der Waals surface area (Å²) in [7, 11) is 0. The Bertz CT molecular complexity index is 1630. The molecule has 4 aliphatic heterocycles. The first-order valence-corrected chi connectivity index (χ1v) is 16.3. The maximum atomic E-state index is 12.6. The van der Waals surface area contributed by atoms with Crippen LogP contribution in [0.1, 0.15) is 62.5 Å². The number of thioether (sulfide) groups is 1. The van der Waals surface area contributed by atoms with Crippen molar-refractivity contribution >= 4 is 47.7 Å². The lowest BCUT2D eigenvalue weighted by molar-refractivity contribution is -0.138. The third kappa shape index (κ3) is 6.52. The van der Waals surface area contributed by atoms with Gasteiger partial charge in [-0.25, -0.2) is 0 Å². The maximum absolute atomic E-state index is 12.6. The predicted octanol–water partition coefficient (Wildman–Crippen LogP) is 2.92. The highest BCUT2D eigenvalue weighted by molar-refractivity contribution is 8.06. The Morgan fingerprint density at radius 2 is 1.63 bits per heavy atom. The average molecular weight is 653 g/mol. The van der Waals surface area contributed by atoms with Crippen LogP contribution in [0.2, 0.25) is 0 Å². The molecule has 0 bridgehead atoms. The Labute approximate surface area is 270 Å². The highest BCUT2D eigenvalue weighted by Gasteiger charge is 2.45. The van der Waals surface area contributed by atoms with Crippen LogP contribution >= 0.6 is 11.8 Å². The first-order valence-electron chi connectivity index (χ1n) is 15.3. The molecule has 6 atom stereocenters. The minimum absolute atomic E-state index is 0.0205. The average Bonchev–Trinajstić information content (AvgIpc) is 3.56. The summed E-state index contributed by atoms with van der Waals surface area (Å²) < 4.78 is 0. The zero-order chi connectivity index (χ0) is 33.4. The summed E-state index contributed by atoms with van der Waals surface area (Å²) in [5, 5.41) is 49.2. The molecule has 2 fully saturated rings. The van der Waals surface area contributed by atoms with Crippen LogP contribution in [0.3, 0.4) is 0 Å². The fourth-order valence-corrected chi connectivity index (χ4v) is 7.68. The maximum Gasteiger partial charge on any atom is 0.303 e. The standard InChI is InChI=1S/C33H40N4O8S/c1-14-18(5-7-26(39)40)22(34-21(14)11-24-28(25-13-46-25)17(4)32(44)36-24)12-23-19(6-8-27(41)42)15(2)29(35-23)31(43)30-16(3)20(9-10-38)33(45)37-30/h9-12,17,25,28-31,34-35,38,43H,5-8,13H2,1-4H3,(H,36,44)(H,37,45)(H,39,40)(H,41,42)/b10-9?,23-12-,24-11-/t17-,25-,28-,29?,30+,31-/m1/s1. The molecule has 0 aromatic carbocycles. The summed E-state index contributed by atoms with van der Waals surface area (Å²) in [6.07, 6.45) is 4.84. The predicted molar refractivity (Wildman–Crippen MR) is 173 cm³/mol. The van der Waals surface area contributed by atoms with E-state index in [0.717, 1.165) is 40.1 Å². The number of aliphatic hydroxyl groups is 2. The second kappa shape index (κ2) is 13.2. The van der Waals surface area contributed by atoms with Gasteiger partial charge in [-0.2, -0.15) is 11.8 Å². The quantitative estimate of drug-likeness (QED) is 0.123. The van der Waals surface area contributed by atoms with E-state index in [9.17, 15) is 39.6 Å². The molecule has 13 heteroatoms. The summed E-state index contributed by atoms with van der Waals surface area (Å²) in [5.74, 6) is -1.45. The van der Waals surface area contributed by atoms with Crippen molar-refractivity contribution in [2.45, 2.75) is 76.8 Å². The molecule has 8 N–H and O–H groups in total. The number of carbonyl (C=O) groups is 4. The molecule has 246 valence electrons. The Hall–Kier alpha value is -4.23. The third-order valence-electron chi connectivity index (χ3n) is 9.48. The lowest BCUT2D eigenvalue weighted by atomic mass is 9.91. The molecule has 1 aromatic rings. The van der Waals surface area contributed by atoms with Gasteiger partial charge in [-0.1, -0.05) is 6.92 Å². The first-order chi connectivity index (χ1) is 21.8. The van der Waals surface area contributed by atoms with Gasteiger partial charge in [0.2, 0.25) is 5.91 Å². The van der Waals surface area contributed by atoms with E-state index in [1.807, 2.05) is 44.7 Å². The molecule has 46 heavy (non-hydrogen) atoms. The number of aliphatic carboxylic acids is 2. The number of aromatic nitrogens is 1. The van der Waals surface area contributed by atoms with Crippen LogP contribution in [0, 0.1) is 18.8 Å². The molecular weight excluding hydrogens is 612 g/mol. The molecule has 5 heterocycles. The monoisotopic (exact) mass is 652 g/mol. The number of aliphatic hydroxyl groups excluding tert-OH is 2. The van der Waals surface area contributed by atoms with Crippen molar-refractivity contribution in [2.75, 3.05) is 5.75 Å². The number of allylic oxidation sites excluding steroid dienone is 2. The van der Waals surface area contributed by atoms with Crippen molar-refractivity contribution < 1.29 is 39.6 Å². The molecule has 2 saturated heterocycles. The smallest absolute Gasteiger partial charge is 0.303 e. The van der Waals surface area contributed by atoms with E-state index < -0.39 is 36.0 Å². The van der Waals surface area contributed by atoms with Crippen LogP contribution in [0.4, 0.5) is 0 Å². The summed E-state index contributed by atoms with van der Waals surface area (Å²) in [6.45, 7) is 7.34. The number of hydrogen-bond donors (Lipinski definition) is 8. The highest BCUT2D eigenvalue weighted by atomic mass is 32.2. The van der Waals surface area contributed by atoms with Crippen molar-refractivity contribution in [3.63, 3.8) is 0 Å². The van der Waals surface area contributed by atoms with Gasteiger partial charge in [-0.3, -0.25) is 19.2 Å². The Balaban J connectivity index is 1.53. The number of nitrogens with one attached hydrogen (secondary N) is 4. The number of carboxylic acids is 2. The molecule has 0 aliphatic carbocycles. The Morgan fingerprint density at radius 3 is 2.26 bits per heavy atom. The van der Waals surface area contributed by atoms with Gasteiger partial charge >= 0.3 is 11.9 Å². The molecule has 0 saturated carbocycles. The SMILES string of the molecule is CC1=C(CCC(=O)O)/C(=C/c2[nH]c(/C=C3\NC(=O)[C@H](C)[C@H]3[C@H]3CS3)c(C)c2CCC(=O)O)NC1[C@@H](O)[C@H]1NC(=O)C(C=CO)=C1C. The van der Waals surface area contributed by atoms with Gasteiger partial charge in [0.15, 0.2) is 0 Å². The van der Waals surface area contributed by atoms with Crippen molar-refractivity contribution in [2.24, 2.45) is 11.8 Å². The number of H-pyrrole nitrogens is 1. The van der Waals surface area contributed by atoms with Gasteiger partial charge in [0.25, 0.3) is 5.91 Å². The fourth-order valence-electron chi connectivity index (χ4n) is 6.78. The molecule has 2 amide bonds. The van der Waals surface area contributed by atoms with E-state index in [0.29, 0.717) is 27.8 Å². The van der Waals surface area contributed by atoms with E-state index in [-0.39, 0.29) is 49.0 Å². The molecule has 0 radical (unpaired) electrons.